The van der Waals surface area contributed by atoms with E-state index in [0.717, 1.165) is 29.9 Å². The Bertz CT molecular complexity index is 607. The number of hydrogen-bond donors (Lipinski definition) is 2. The normalized spacial score (nSPS) is 33.7. The lowest BCUT2D eigenvalue weighted by molar-refractivity contribution is -0.0503. The van der Waals surface area contributed by atoms with Gasteiger partial charge in [0.1, 0.15) is 0 Å². The third kappa shape index (κ3) is 3.09. The number of carbonyl (C=O) groups is 1. The lowest BCUT2D eigenvalue weighted by atomic mass is 9.49. The predicted molar refractivity (Wildman–Crippen MR) is 95.2 cm³/mol. The minimum absolute atomic E-state index is 0.0736. The fourth-order valence-corrected chi connectivity index (χ4v) is 6.10. The molecule has 4 aliphatic rings. The Labute approximate surface area is 148 Å². The molecule has 4 bridgehead atoms. The number of rotatable bonds is 5. The molecule has 130 valence electrons. The van der Waals surface area contributed by atoms with Gasteiger partial charge in [0.2, 0.25) is 0 Å². The summed E-state index contributed by atoms with van der Waals surface area (Å²) in [6.07, 6.45) is 8.67. The van der Waals surface area contributed by atoms with E-state index in [9.17, 15) is 4.79 Å². The molecular weight excluding hydrogens is 322 g/mol. The number of halogens is 1. The zero-order valence-corrected chi connectivity index (χ0v) is 14.8. The molecule has 4 heteroatoms. The highest BCUT2D eigenvalue weighted by Crippen LogP contribution is 2.59. The number of hydrogen-bond acceptors (Lipinski definition) is 2. The van der Waals surface area contributed by atoms with Crippen molar-refractivity contribution in [3.8, 4) is 0 Å². The summed E-state index contributed by atoms with van der Waals surface area (Å²) in [5.74, 6) is 2.61. The summed E-state index contributed by atoms with van der Waals surface area (Å²) >= 11 is 6.22. The van der Waals surface area contributed by atoms with Gasteiger partial charge in [-0.2, -0.15) is 0 Å². The SMILES string of the molecule is O=C(NCC12CC3CC(CC(C3)C1)C2)c1cc(CCO)ccc1Cl. The van der Waals surface area contributed by atoms with E-state index < -0.39 is 0 Å². The highest BCUT2D eigenvalue weighted by Gasteiger charge is 2.50. The van der Waals surface area contributed by atoms with E-state index in [1.807, 2.05) is 12.1 Å². The fraction of sp³-hybridized carbons (Fsp3) is 0.650. The van der Waals surface area contributed by atoms with Crippen molar-refractivity contribution in [2.75, 3.05) is 13.2 Å². The fourth-order valence-electron chi connectivity index (χ4n) is 5.90. The Balaban J connectivity index is 1.44. The first-order chi connectivity index (χ1) is 11.6. The lowest BCUT2D eigenvalue weighted by Crippen LogP contribution is -2.51. The highest BCUT2D eigenvalue weighted by molar-refractivity contribution is 6.33. The Kier molecular flexibility index (Phi) is 4.34. The van der Waals surface area contributed by atoms with Crippen LogP contribution in [0.3, 0.4) is 0 Å². The van der Waals surface area contributed by atoms with Gasteiger partial charge in [-0.15, -0.1) is 0 Å². The van der Waals surface area contributed by atoms with Crippen LogP contribution in [0.25, 0.3) is 0 Å². The van der Waals surface area contributed by atoms with Crippen LogP contribution in [0.4, 0.5) is 0 Å². The summed E-state index contributed by atoms with van der Waals surface area (Å²) in [4.78, 5) is 12.7. The minimum Gasteiger partial charge on any atom is -0.396 e. The van der Waals surface area contributed by atoms with Gasteiger partial charge < -0.3 is 10.4 Å². The van der Waals surface area contributed by atoms with Gasteiger partial charge in [-0.25, -0.2) is 0 Å². The molecule has 5 rings (SSSR count). The maximum atomic E-state index is 12.7. The van der Waals surface area contributed by atoms with Crippen molar-refractivity contribution in [1.82, 2.24) is 5.32 Å². The summed E-state index contributed by atoms with van der Waals surface area (Å²) < 4.78 is 0. The smallest absolute Gasteiger partial charge is 0.252 e. The quantitative estimate of drug-likeness (QED) is 0.850. The number of benzene rings is 1. The lowest BCUT2D eigenvalue weighted by Gasteiger charge is -2.56. The predicted octanol–water partition coefficient (Wildman–Crippen LogP) is 3.82. The third-order valence-electron chi connectivity index (χ3n) is 6.46. The van der Waals surface area contributed by atoms with E-state index >= 15 is 0 Å². The zero-order valence-electron chi connectivity index (χ0n) is 14.1. The van der Waals surface area contributed by atoms with Gasteiger partial charge >= 0.3 is 0 Å². The van der Waals surface area contributed by atoms with Crippen LogP contribution >= 0.6 is 11.6 Å². The number of carbonyl (C=O) groups excluding carboxylic acids is 1. The first-order valence-electron chi connectivity index (χ1n) is 9.24. The van der Waals surface area contributed by atoms with Crippen LogP contribution in [0.15, 0.2) is 18.2 Å². The van der Waals surface area contributed by atoms with Crippen LogP contribution in [0.1, 0.15) is 54.4 Å². The highest BCUT2D eigenvalue weighted by atomic mass is 35.5. The molecule has 0 heterocycles. The molecule has 0 atom stereocenters. The van der Waals surface area contributed by atoms with Crippen LogP contribution in [0.5, 0.6) is 0 Å². The number of nitrogens with one attached hydrogen (secondary N) is 1. The van der Waals surface area contributed by atoms with Crippen molar-refractivity contribution in [2.45, 2.75) is 44.9 Å². The zero-order chi connectivity index (χ0) is 16.7. The monoisotopic (exact) mass is 347 g/mol. The molecule has 4 fully saturated rings. The van der Waals surface area contributed by atoms with Crippen LogP contribution in [0.2, 0.25) is 5.02 Å². The Morgan fingerprint density at radius 3 is 2.38 bits per heavy atom. The molecule has 2 N–H and O–H groups in total. The van der Waals surface area contributed by atoms with E-state index in [0.29, 0.717) is 22.4 Å². The largest absolute Gasteiger partial charge is 0.396 e. The van der Waals surface area contributed by atoms with E-state index in [-0.39, 0.29) is 12.5 Å². The van der Waals surface area contributed by atoms with Gasteiger partial charge in [0.15, 0.2) is 0 Å². The summed E-state index contributed by atoms with van der Waals surface area (Å²) in [5.41, 5.74) is 1.81. The van der Waals surface area contributed by atoms with Crippen molar-refractivity contribution in [3.63, 3.8) is 0 Å². The Morgan fingerprint density at radius 1 is 1.17 bits per heavy atom. The van der Waals surface area contributed by atoms with E-state index in [4.69, 9.17) is 16.7 Å². The van der Waals surface area contributed by atoms with Gasteiger partial charge in [0, 0.05) is 13.2 Å². The van der Waals surface area contributed by atoms with Gasteiger partial charge in [-0.3, -0.25) is 4.79 Å². The molecule has 1 amide bonds. The molecule has 24 heavy (non-hydrogen) atoms. The molecule has 4 aliphatic carbocycles. The second-order valence-corrected chi connectivity index (χ2v) is 8.80. The van der Waals surface area contributed by atoms with Crippen molar-refractivity contribution in [1.29, 1.82) is 0 Å². The van der Waals surface area contributed by atoms with E-state index in [2.05, 4.69) is 5.32 Å². The summed E-state index contributed by atoms with van der Waals surface area (Å²) in [6.45, 7) is 0.867. The summed E-state index contributed by atoms with van der Waals surface area (Å²) in [7, 11) is 0. The topological polar surface area (TPSA) is 49.3 Å². The second kappa shape index (κ2) is 6.34. The van der Waals surface area contributed by atoms with E-state index in [1.165, 1.54) is 38.5 Å². The van der Waals surface area contributed by atoms with Crippen molar-refractivity contribution in [2.24, 2.45) is 23.2 Å². The summed E-state index contributed by atoms with van der Waals surface area (Å²) in [5, 5.41) is 12.8. The van der Waals surface area contributed by atoms with Gasteiger partial charge in [0.25, 0.3) is 5.91 Å². The average molecular weight is 348 g/mol. The van der Waals surface area contributed by atoms with Gasteiger partial charge in [0.05, 0.1) is 10.6 Å². The maximum absolute atomic E-state index is 12.7. The van der Waals surface area contributed by atoms with Gasteiger partial charge in [-0.1, -0.05) is 17.7 Å². The average Bonchev–Trinajstić information content (AvgIpc) is 2.53. The molecule has 1 aromatic carbocycles. The first kappa shape index (κ1) is 16.4. The molecular formula is C20H26ClNO2. The maximum Gasteiger partial charge on any atom is 0.252 e. The third-order valence-corrected chi connectivity index (χ3v) is 6.79. The molecule has 0 radical (unpaired) electrons. The first-order valence-corrected chi connectivity index (χ1v) is 9.62. The number of aliphatic hydroxyl groups is 1. The molecule has 3 nitrogen and oxygen atoms in total. The Hall–Kier alpha value is -1.06. The molecule has 4 saturated carbocycles. The van der Waals surface area contributed by atoms with Crippen molar-refractivity contribution in [3.05, 3.63) is 34.3 Å². The van der Waals surface area contributed by atoms with Crippen LogP contribution in [0, 0.1) is 23.2 Å². The molecule has 0 aromatic heterocycles. The number of amides is 1. The van der Waals surface area contributed by atoms with Crippen LogP contribution in [-0.4, -0.2) is 24.2 Å². The minimum atomic E-state index is -0.0736. The summed E-state index contributed by atoms with van der Waals surface area (Å²) in [6, 6.07) is 5.44. The second-order valence-electron chi connectivity index (χ2n) is 8.39. The standard InChI is InChI=1S/C20H26ClNO2/c21-18-2-1-13(3-4-23)8-17(18)19(24)22-12-20-9-14-5-15(10-20)7-16(6-14)11-20/h1-2,8,14-16,23H,3-7,9-12H2,(H,22,24). The van der Waals surface area contributed by atoms with Gasteiger partial charge in [-0.05, 0) is 85.8 Å². The number of aliphatic hydroxyl groups excluding tert-OH is 1. The van der Waals surface area contributed by atoms with Crippen LogP contribution < -0.4 is 5.32 Å². The molecule has 0 saturated heterocycles. The van der Waals surface area contributed by atoms with Crippen molar-refractivity contribution < 1.29 is 9.90 Å². The molecule has 0 spiro atoms. The molecule has 1 aromatic rings. The Morgan fingerprint density at radius 2 is 1.79 bits per heavy atom. The van der Waals surface area contributed by atoms with E-state index in [1.54, 1.807) is 6.07 Å². The van der Waals surface area contributed by atoms with Crippen molar-refractivity contribution >= 4 is 17.5 Å². The van der Waals surface area contributed by atoms with Crippen LogP contribution in [-0.2, 0) is 6.42 Å². The molecule has 0 unspecified atom stereocenters. The molecule has 0 aliphatic heterocycles.